The maximum Gasteiger partial charge on any atom is 0.0826 e. The third-order valence-corrected chi connectivity index (χ3v) is 12.2. The SMILES string of the molecule is c1ccc(-c2ccc(-c3cc(-c4cccc5c4C4(c6ccccc6-c6ccccc64)c4sc6ccccc6c4-5)nc4ccccc34)cc2)cc1. The van der Waals surface area contributed by atoms with E-state index >= 15 is 0 Å². The fourth-order valence-electron chi connectivity index (χ4n) is 8.84. The molecule has 0 N–H and O–H groups in total. The summed E-state index contributed by atoms with van der Waals surface area (Å²) in [5.74, 6) is 0. The van der Waals surface area contributed by atoms with Crippen molar-refractivity contribution in [1.29, 1.82) is 0 Å². The van der Waals surface area contributed by atoms with Crippen LogP contribution in [0.1, 0.15) is 21.6 Å². The van der Waals surface area contributed by atoms with Gasteiger partial charge in [0.15, 0.2) is 0 Å². The monoisotopic (exact) mass is 651 g/mol. The van der Waals surface area contributed by atoms with Crippen molar-refractivity contribution in [2.24, 2.45) is 0 Å². The minimum absolute atomic E-state index is 0.442. The van der Waals surface area contributed by atoms with Gasteiger partial charge in [0, 0.05) is 31.5 Å². The van der Waals surface area contributed by atoms with Crippen LogP contribution in [0.4, 0.5) is 0 Å². The van der Waals surface area contributed by atoms with Crippen LogP contribution in [0.15, 0.2) is 176 Å². The van der Waals surface area contributed by atoms with E-state index in [9.17, 15) is 0 Å². The molecule has 2 aliphatic carbocycles. The van der Waals surface area contributed by atoms with Gasteiger partial charge in [-0.1, -0.05) is 158 Å². The fraction of sp³-hybridized carbons (Fsp3) is 0.0208. The molecule has 1 spiro atoms. The first-order valence-electron chi connectivity index (χ1n) is 17.2. The highest BCUT2D eigenvalue weighted by Gasteiger charge is 2.54. The molecule has 9 aromatic rings. The summed E-state index contributed by atoms with van der Waals surface area (Å²) in [5, 5.41) is 2.49. The van der Waals surface area contributed by atoms with Gasteiger partial charge in [0.2, 0.25) is 0 Å². The molecule has 0 unspecified atom stereocenters. The Morgan fingerprint density at radius 2 is 1.00 bits per heavy atom. The molecule has 0 saturated carbocycles. The number of rotatable bonds is 3. The largest absolute Gasteiger partial charge is 0.248 e. The number of pyridine rings is 1. The first-order chi connectivity index (χ1) is 24.8. The molecule has 0 aliphatic heterocycles. The van der Waals surface area contributed by atoms with Gasteiger partial charge in [-0.05, 0) is 73.8 Å². The zero-order valence-corrected chi connectivity index (χ0v) is 27.9. The number of fused-ring (bicyclic) bond motifs is 13. The summed E-state index contributed by atoms with van der Waals surface area (Å²) >= 11 is 1.95. The normalized spacial score (nSPS) is 13.4. The van der Waals surface area contributed by atoms with Crippen LogP contribution in [0.3, 0.4) is 0 Å². The van der Waals surface area contributed by atoms with E-state index in [2.05, 4.69) is 176 Å². The summed E-state index contributed by atoms with van der Waals surface area (Å²) in [7, 11) is 0. The molecule has 50 heavy (non-hydrogen) atoms. The minimum atomic E-state index is -0.442. The Bertz CT molecular complexity index is 2760. The van der Waals surface area contributed by atoms with E-state index in [0.29, 0.717) is 0 Å². The third-order valence-electron chi connectivity index (χ3n) is 10.9. The molecule has 2 heterocycles. The van der Waals surface area contributed by atoms with Gasteiger partial charge in [-0.2, -0.15) is 0 Å². The topological polar surface area (TPSA) is 12.9 Å². The molecular formula is C48H29NS. The molecule has 0 saturated heterocycles. The predicted molar refractivity (Wildman–Crippen MR) is 210 cm³/mol. The molecule has 2 aromatic heterocycles. The van der Waals surface area contributed by atoms with E-state index in [1.54, 1.807) is 0 Å². The molecular weight excluding hydrogens is 623 g/mol. The molecule has 232 valence electrons. The Morgan fingerprint density at radius 3 is 1.78 bits per heavy atom. The third kappa shape index (κ3) is 3.69. The number of nitrogens with zero attached hydrogens (tertiary/aromatic N) is 1. The molecule has 7 aromatic carbocycles. The van der Waals surface area contributed by atoms with Crippen molar-refractivity contribution in [2.45, 2.75) is 5.41 Å². The van der Waals surface area contributed by atoms with Crippen molar-refractivity contribution in [3.05, 3.63) is 197 Å². The van der Waals surface area contributed by atoms with Crippen LogP contribution in [0.25, 0.3) is 76.8 Å². The predicted octanol–water partition coefficient (Wildman–Crippen LogP) is 12.8. The van der Waals surface area contributed by atoms with Gasteiger partial charge in [-0.25, -0.2) is 4.98 Å². The van der Waals surface area contributed by atoms with Crippen molar-refractivity contribution in [1.82, 2.24) is 4.98 Å². The molecule has 0 amide bonds. The summed E-state index contributed by atoms with van der Waals surface area (Å²) in [4.78, 5) is 6.87. The molecule has 0 radical (unpaired) electrons. The van der Waals surface area contributed by atoms with Gasteiger partial charge in [-0.15, -0.1) is 11.3 Å². The Morgan fingerprint density at radius 1 is 0.420 bits per heavy atom. The zero-order valence-electron chi connectivity index (χ0n) is 27.1. The van der Waals surface area contributed by atoms with E-state index in [0.717, 1.165) is 16.6 Å². The Hall–Kier alpha value is -6.09. The molecule has 0 atom stereocenters. The molecule has 2 aliphatic rings. The molecule has 0 fully saturated rings. The van der Waals surface area contributed by atoms with Crippen LogP contribution in [-0.4, -0.2) is 4.98 Å². The number of thiophene rings is 1. The van der Waals surface area contributed by atoms with Crippen molar-refractivity contribution >= 4 is 32.3 Å². The lowest BCUT2D eigenvalue weighted by Gasteiger charge is -2.31. The zero-order chi connectivity index (χ0) is 32.8. The summed E-state index contributed by atoms with van der Waals surface area (Å²) in [5.41, 5.74) is 17.0. The summed E-state index contributed by atoms with van der Waals surface area (Å²) in [6.07, 6.45) is 0. The van der Waals surface area contributed by atoms with Crippen LogP contribution in [0.5, 0.6) is 0 Å². The fourth-order valence-corrected chi connectivity index (χ4v) is 10.3. The summed E-state index contributed by atoms with van der Waals surface area (Å²) in [6.45, 7) is 0. The van der Waals surface area contributed by atoms with Gasteiger partial charge in [0.05, 0.1) is 16.6 Å². The van der Waals surface area contributed by atoms with E-state index in [-0.39, 0.29) is 0 Å². The lowest BCUT2D eigenvalue weighted by Crippen LogP contribution is -2.25. The van der Waals surface area contributed by atoms with E-state index in [1.165, 1.54) is 81.7 Å². The molecule has 0 bridgehead atoms. The van der Waals surface area contributed by atoms with Crippen LogP contribution < -0.4 is 0 Å². The quantitative estimate of drug-likeness (QED) is 0.185. The van der Waals surface area contributed by atoms with Crippen LogP contribution in [-0.2, 0) is 5.41 Å². The summed E-state index contributed by atoms with van der Waals surface area (Å²) < 4.78 is 1.33. The average Bonchev–Trinajstić information content (AvgIpc) is 3.82. The minimum Gasteiger partial charge on any atom is -0.248 e. The van der Waals surface area contributed by atoms with E-state index in [4.69, 9.17) is 4.98 Å². The highest BCUT2D eigenvalue weighted by atomic mass is 32.1. The Labute approximate surface area is 294 Å². The second-order valence-electron chi connectivity index (χ2n) is 13.4. The Kier molecular flexibility index (Phi) is 5.82. The van der Waals surface area contributed by atoms with Crippen LogP contribution in [0.2, 0.25) is 0 Å². The number of benzene rings is 7. The van der Waals surface area contributed by atoms with Crippen molar-refractivity contribution < 1.29 is 0 Å². The number of hydrogen-bond donors (Lipinski definition) is 0. The average molecular weight is 652 g/mol. The lowest BCUT2D eigenvalue weighted by molar-refractivity contribution is 0.813. The standard InChI is InChI=1S/C48H29NS/c1-2-13-30(14-3-1)31-25-27-32(28-26-31)39-29-43(49-42-23-10-6-17-35(39)42)36-19-12-20-38-45-37-18-7-11-24-44(37)50-47(45)48(46(36)38)40-21-8-4-15-33(40)34-16-5-9-22-41(34)48/h1-29H. The first kappa shape index (κ1) is 27.8. The second-order valence-corrected chi connectivity index (χ2v) is 14.4. The van der Waals surface area contributed by atoms with Crippen molar-refractivity contribution in [3.8, 4) is 55.8 Å². The summed E-state index contributed by atoms with van der Waals surface area (Å²) in [6, 6.07) is 64.5. The van der Waals surface area contributed by atoms with E-state index < -0.39 is 5.41 Å². The van der Waals surface area contributed by atoms with Gasteiger partial charge < -0.3 is 0 Å². The van der Waals surface area contributed by atoms with Gasteiger partial charge in [0.25, 0.3) is 0 Å². The van der Waals surface area contributed by atoms with Crippen molar-refractivity contribution in [2.75, 3.05) is 0 Å². The highest BCUT2D eigenvalue weighted by molar-refractivity contribution is 7.20. The number of hydrogen-bond acceptors (Lipinski definition) is 2. The smallest absolute Gasteiger partial charge is 0.0826 e. The highest BCUT2D eigenvalue weighted by Crippen LogP contribution is 2.67. The van der Waals surface area contributed by atoms with Gasteiger partial charge in [0.1, 0.15) is 0 Å². The van der Waals surface area contributed by atoms with Crippen molar-refractivity contribution in [3.63, 3.8) is 0 Å². The maximum absolute atomic E-state index is 5.45. The van der Waals surface area contributed by atoms with Gasteiger partial charge in [-0.3, -0.25) is 0 Å². The molecule has 1 nitrogen and oxygen atoms in total. The van der Waals surface area contributed by atoms with Gasteiger partial charge >= 0.3 is 0 Å². The Balaban J connectivity index is 1.21. The lowest BCUT2D eigenvalue weighted by atomic mass is 9.71. The number of aromatic nitrogens is 1. The second kappa shape index (κ2) is 10.5. The molecule has 2 heteroatoms. The molecule has 11 rings (SSSR count). The first-order valence-corrected chi connectivity index (χ1v) is 18.0. The van der Waals surface area contributed by atoms with Crippen LogP contribution >= 0.6 is 11.3 Å². The maximum atomic E-state index is 5.45. The van der Waals surface area contributed by atoms with E-state index in [1.807, 2.05) is 11.3 Å². The van der Waals surface area contributed by atoms with Crippen LogP contribution in [0, 0.1) is 0 Å². The number of para-hydroxylation sites is 1.